The summed E-state index contributed by atoms with van der Waals surface area (Å²) in [7, 11) is 0. The van der Waals surface area contributed by atoms with Gasteiger partial charge in [0.25, 0.3) is 0 Å². The third-order valence-corrected chi connectivity index (χ3v) is 3.82. The molecule has 0 radical (unpaired) electrons. The topological polar surface area (TPSA) is 75.6 Å². The number of aliphatic carboxylic acids is 1. The second-order valence-electron chi connectivity index (χ2n) is 6.00. The Kier molecular flexibility index (Phi) is 5.41. The average Bonchev–Trinajstić information content (AvgIpc) is 3.24. The lowest BCUT2D eigenvalue weighted by molar-refractivity contribution is -0.142. The molecule has 0 heterocycles. The summed E-state index contributed by atoms with van der Waals surface area (Å²) in [5, 5.41) is 11.7. The molecule has 1 amide bonds. The van der Waals surface area contributed by atoms with E-state index in [1.807, 2.05) is 32.0 Å². The first-order valence-electron chi connectivity index (χ1n) is 7.68. The van der Waals surface area contributed by atoms with Crippen LogP contribution in [0.5, 0.6) is 5.75 Å². The van der Waals surface area contributed by atoms with E-state index < -0.39 is 12.0 Å². The summed E-state index contributed by atoms with van der Waals surface area (Å²) in [5.41, 5.74) is 2.18. The third-order valence-electron chi connectivity index (χ3n) is 3.82. The van der Waals surface area contributed by atoms with Gasteiger partial charge >= 0.3 is 5.97 Å². The van der Waals surface area contributed by atoms with Crippen molar-refractivity contribution in [3.8, 4) is 5.75 Å². The van der Waals surface area contributed by atoms with Gasteiger partial charge in [0.15, 0.2) is 0 Å². The summed E-state index contributed by atoms with van der Waals surface area (Å²) < 4.78 is 5.59. The lowest BCUT2D eigenvalue weighted by atomic mass is 10.1. The molecule has 5 heteroatoms. The molecule has 2 N–H and O–H groups in total. The number of nitrogens with one attached hydrogen (secondary N) is 1. The van der Waals surface area contributed by atoms with Crippen molar-refractivity contribution in [2.45, 2.75) is 45.6 Å². The molecule has 0 spiro atoms. The molecule has 2 rings (SSSR count). The van der Waals surface area contributed by atoms with Crippen LogP contribution in [0, 0.1) is 19.8 Å². The van der Waals surface area contributed by atoms with Crippen molar-refractivity contribution >= 4 is 11.9 Å². The molecule has 0 aliphatic heterocycles. The Labute approximate surface area is 130 Å². The minimum Gasteiger partial charge on any atom is -0.493 e. The van der Waals surface area contributed by atoms with Gasteiger partial charge in [0, 0.05) is 0 Å². The highest BCUT2D eigenvalue weighted by Gasteiger charge is 2.30. The van der Waals surface area contributed by atoms with Crippen molar-refractivity contribution in [3.05, 3.63) is 29.3 Å². The summed E-state index contributed by atoms with van der Waals surface area (Å²) in [6.07, 6.45) is 2.81. The Morgan fingerprint density at radius 2 is 2.09 bits per heavy atom. The monoisotopic (exact) mass is 305 g/mol. The van der Waals surface area contributed by atoms with Gasteiger partial charge < -0.3 is 15.2 Å². The summed E-state index contributed by atoms with van der Waals surface area (Å²) in [5.74, 6) is -0.0348. The predicted octanol–water partition coefficient (Wildman–Crippen LogP) is 2.44. The maximum atomic E-state index is 11.8. The fraction of sp³-hybridized carbons (Fsp3) is 0.529. The van der Waals surface area contributed by atoms with Gasteiger partial charge in [-0.15, -0.1) is 0 Å². The van der Waals surface area contributed by atoms with Crippen LogP contribution in [0.25, 0.3) is 0 Å². The normalized spacial score (nSPS) is 15.2. The number of carbonyl (C=O) groups is 2. The number of aryl methyl sites for hydroxylation is 2. The van der Waals surface area contributed by atoms with E-state index in [9.17, 15) is 9.59 Å². The van der Waals surface area contributed by atoms with E-state index in [-0.39, 0.29) is 18.9 Å². The van der Waals surface area contributed by atoms with Crippen molar-refractivity contribution in [1.29, 1.82) is 0 Å². The number of amides is 1. The van der Waals surface area contributed by atoms with Gasteiger partial charge in [0.05, 0.1) is 13.0 Å². The van der Waals surface area contributed by atoms with Gasteiger partial charge in [0.2, 0.25) is 5.91 Å². The van der Waals surface area contributed by atoms with Crippen LogP contribution in [0.4, 0.5) is 0 Å². The lowest BCUT2D eigenvalue weighted by Crippen LogP contribution is -2.41. The van der Waals surface area contributed by atoms with Crippen LogP contribution in [0.1, 0.15) is 36.8 Å². The van der Waals surface area contributed by atoms with E-state index in [2.05, 4.69) is 5.32 Å². The molecule has 5 nitrogen and oxygen atoms in total. The molecule has 1 atom stereocenters. The molecular weight excluding hydrogens is 282 g/mol. The quantitative estimate of drug-likeness (QED) is 0.773. The highest BCUT2D eigenvalue weighted by atomic mass is 16.5. The fourth-order valence-corrected chi connectivity index (χ4v) is 2.39. The van der Waals surface area contributed by atoms with E-state index in [1.165, 1.54) is 0 Å². The zero-order valence-corrected chi connectivity index (χ0v) is 13.1. The molecule has 0 bridgehead atoms. The number of hydrogen-bond donors (Lipinski definition) is 2. The van der Waals surface area contributed by atoms with E-state index in [1.54, 1.807) is 0 Å². The van der Waals surface area contributed by atoms with Gasteiger partial charge in [-0.2, -0.15) is 0 Å². The number of carboxylic acid groups (broad SMARTS) is 1. The minimum absolute atomic E-state index is 0.155. The highest BCUT2D eigenvalue weighted by molar-refractivity contribution is 5.83. The zero-order chi connectivity index (χ0) is 16.1. The number of benzene rings is 1. The van der Waals surface area contributed by atoms with Crippen LogP contribution >= 0.6 is 0 Å². The van der Waals surface area contributed by atoms with E-state index in [4.69, 9.17) is 9.84 Å². The molecule has 1 saturated carbocycles. The Morgan fingerprint density at radius 1 is 1.36 bits per heavy atom. The number of ether oxygens (including phenoxy) is 1. The third kappa shape index (κ3) is 5.06. The van der Waals surface area contributed by atoms with Crippen LogP contribution in [-0.4, -0.2) is 29.6 Å². The number of carbonyl (C=O) groups excluding carboxylic acids is 1. The summed E-state index contributed by atoms with van der Waals surface area (Å²) in [6, 6.07) is 5.08. The maximum absolute atomic E-state index is 11.8. The molecule has 1 aliphatic carbocycles. The van der Waals surface area contributed by atoms with Crippen LogP contribution in [0.2, 0.25) is 0 Å². The van der Waals surface area contributed by atoms with Crippen LogP contribution in [0.3, 0.4) is 0 Å². The Bertz CT molecular complexity index is 552. The molecule has 1 unspecified atom stereocenters. The highest BCUT2D eigenvalue weighted by Crippen LogP contribution is 2.33. The molecule has 120 valence electrons. The average molecular weight is 305 g/mol. The van der Waals surface area contributed by atoms with E-state index >= 15 is 0 Å². The molecule has 22 heavy (non-hydrogen) atoms. The number of hydrogen-bond acceptors (Lipinski definition) is 3. The second kappa shape index (κ2) is 7.29. The molecule has 1 aromatic carbocycles. The number of rotatable bonds is 8. The van der Waals surface area contributed by atoms with Crippen LogP contribution in [-0.2, 0) is 9.59 Å². The van der Waals surface area contributed by atoms with Crippen molar-refractivity contribution in [2.24, 2.45) is 5.92 Å². The summed E-state index contributed by atoms with van der Waals surface area (Å²) >= 11 is 0. The van der Waals surface area contributed by atoms with E-state index in [0.717, 1.165) is 29.7 Å². The minimum atomic E-state index is -0.962. The first-order valence-corrected chi connectivity index (χ1v) is 7.68. The van der Waals surface area contributed by atoms with Gasteiger partial charge in [-0.25, -0.2) is 4.79 Å². The standard InChI is InChI=1S/C17H23NO4/c1-11-3-6-15(12(2)9-11)22-8-7-16(19)18-14(17(20)21)10-13-4-5-13/h3,6,9,13-14H,4-5,7-8,10H2,1-2H3,(H,18,19)(H,20,21). The SMILES string of the molecule is Cc1ccc(OCCC(=O)NC(CC2CC2)C(=O)O)c(C)c1. The van der Waals surface area contributed by atoms with Gasteiger partial charge in [-0.05, 0) is 37.8 Å². The summed E-state index contributed by atoms with van der Waals surface area (Å²) in [6.45, 7) is 4.21. The van der Waals surface area contributed by atoms with Crippen molar-refractivity contribution in [1.82, 2.24) is 5.32 Å². The van der Waals surface area contributed by atoms with Crippen molar-refractivity contribution in [3.63, 3.8) is 0 Å². The fourth-order valence-electron chi connectivity index (χ4n) is 2.39. The van der Waals surface area contributed by atoms with Crippen molar-refractivity contribution < 1.29 is 19.4 Å². The molecular formula is C17H23NO4. The van der Waals surface area contributed by atoms with Gasteiger partial charge in [-0.1, -0.05) is 30.5 Å². The van der Waals surface area contributed by atoms with E-state index in [0.29, 0.717) is 12.3 Å². The van der Waals surface area contributed by atoms with Gasteiger partial charge in [0.1, 0.15) is 11.8 Å². The molecule has 1 aliphatic rings. The first kappa shape index (κ1) is 16.3. The smallest absolute Gasteiger partial charge is 0.326 e. The van der Waals surface area contributed by atoms with Crippen LogP contribution < -0.4 is 10.1 Å². The number of carboxylic acids is 1. The molecule has 0 aromatic heterocycles. The first-order chi connectivity index (χ1) is 10.5. The Hall–Kier alpha value is -2.04. The van der Waals surface area contributed by atoms with Crippen LogP contribution in [0.15, 0.2) is 18.2 Å². The van der Waals surface area contributed by atoms with Crippen molar-refractivity contribution in [2.75, 3.05) is 6.61 Å². The molecule has 1 aromatic rings. The lowest BCUT2D eigenvalue weighted by Gasteiger charge is -2.14. The van der Waals surface area contributed by atoms with Gasteiger partial charge in [-0.3, -0.25) is 4.79 Å². The Balaban J connectivity index is 1.75. The molecule has 0 saturated heterocycles. The molecule has 1 fully saturated rings. The maximum Gasteiger partial charge on any atom is 0.326 e. The Morgan fingerprint density at radius 3 is 2.68 bits per heavy atom. The largest absolute Gasteiger partial charge is 0.493 e. The zero-order valence-electron chi connectivity index (χ0n) is 13.1. The second-order valence-corrected chi connectivity index (χ2v) is 6.00. The predicted molar refractivity (Wildman–Crippen MR) is 82.9 cm³/mol. The summed E-state index contributed by atoms with van der Waals surface area (Å²) in [4.78, 5) is 23.0.